The molecule has 0 rings (SSSR count). The van der Waals surface area contributed by atoms with Gasteiger partial charge in [0.25, 0.3) is 0 Å². The molecule has 0 unspecified atom stereocenters. The van der Waals surface area contributed by atoms with E-state index in [9.17, 15) is 8.42 Å². The summed E-state index contributed by atoms with van der Waals surface area (Å²) in [6, 6.07) is 0.576. The SMILES string of the molecule is CC(C)NCCCCCCN(C)CCS(C)(=O)=O. The Labute approximate surface area is 113 Å². The molecule has 4 nitrogen and oxygen atoms in total. The van der Waals surface area contributed by atoms with Gasteiger partial charge in [0, 0.05) is 18.8 Å². The molecule has 0 aliphatic rings. The van der Waals surface area contributed by atoms with Crippen LogP contribution >= 0.6 is 0 Å². The molecule has 0 bridgehead atoms. The van der Waals surface area contributed by atoms with Crippen molar-refractivity contribution in [3.8, 4) is 0 Å². The molecule has 110 valence electrons. The summed E-state index contributed by atoms with van der Waals surface area (Å²) >= 11 is 0. The highest BCUT2D eigenvalue weighted by Crippen LogP contribution is 2.01. The number of nitrogens with zero attached hydrogens (tertiary/aromatic N) is 1. The summed E-state index contributed by atoms with van der Waals surface area (Å²) in [4.78, 5) is 2.10. The Morgan fingerprint density at radius 2 is 1.67 bits per heavy atom. The van der Waals surface area contributed by atoms with Gasteiger partial charge < -0.3 is 10.2 Å². The lowest BCUT2D eigenvalue weighted by Gasteiger charge is -2.15. The molecule has 0 amide bonds. The van der Waals surface area contributed by atoms with E-state index in [0.717, 1.165) is 19.5 Å². The lowest BCUT2D eigenvalue weighted by molar-refractivity contribution is 0.341. The molecule has 0 aromatic rings. The van der Waals surface area contributed by atoms with Crippen molar-refractivity contribution in [3.05, 3.63) is 0 Å². The summed E-state index contributed by atoms with van der Waals surface area (Å²) < 4.78 is 22.0. The van der Waals surface area contributed by atoms with E-state index >= 15 is 0 Å². The predicted molar refractivity (Wildman–Crippen MR) is 78.8 cm³/mol. The van der Waals surface area contributed by atoms with Gasteiger partial charge in [-0.05, 0) is 33.0 Å². The normalized spacial score (nSPS) is 12.6. The van der Waals surface area contributed by atoms with E-state index in [1.54, 1.807) is 0 Å². The van der Waals surface area contributed by atoms with Crippen LogP contribution in [0.2, 0.25) is 0 Å². The largest absolute Gasteiger partial charge is 0.315 e. The summed E-state index contributed by atoms with van der Waals surface area (Å²) in [5.74, 6) is 0.266. The zero-order chi connectivity index (χ0) is 14.0. The lowest BCUT2D eigenvalue weighted by Crippen LogP contribution is -2.26. The zero-order valence-electron chi connectivity index (χ0n) is 12.4. The summed E-state index contributed by atoms with van der Waals surface area (Å²) in [5, 5.41) is 3.40. The number of hydrogen-bond donors (Lipinski definition) is 1. The maximum Gasteiger partial charge on any atom is 0.148 e. The van der Waals surface area contributed by atoms with Crippen molar-refractivity contribution in [1.29, 1.82) is 0 Å². The van der Waals surface area contributed by atoms with Crippen LogP contribution in [0.3, 0.4) is 0 Å². The maximum atomic E-state index is 11.0. The lowest BCUT2D eigenvalue weighted by atomic mass is 10.2. The van der Waals surface area contributed by atoms with Gasteiger partial charge in [-0.2, -0.15) is 0 Å². The van der Waals surface area contributed by atoms with Crippen LogP contribution in [0, 0.1) is 0 Å². The number of unbranched alkanes of at least 4 members (excludes halogenated alkanes) is 3. The minimum absolute atomic E-state index is 0.266. The van der Waals surface area contributed by atoms with Gasteiger partial charge >= 0.3 is 0 Å². The highest BCUT2D eigenvalue weighted by molar-refractivity contribution is 7.90. The van der Waals surface area contributed by atoms with Crippen molar-refractivity contribution >= 4 is 9.84 Å². The monoisotopic (exact) mass is 278 g/mol. The molecule has 5 heteroatoms. The second-order valence-electron chi connectivity index (χ2n) is 5.46. The summed E-state index contributed by atoms with van der Waals surface area (Å²) in [6.45, 7) is 7.07. The third kappa shape index (κ3) is 13.9. The summed E-state index contributed by atoms with van der Waals surface area (Å²) in [7, 11) is -0.828. The average molecular weight is 278 g/mol. The van der Waals surface area contributed by atoms with Gasteiger partial charge in [-0.15, -0.1) is 0 Å². The van der Waals surface area contributed by atoms with Crippen LogP contribution < -0.4 is 5.32 Å². The molecule has 0 heterocycles. The van der Waals surface area contributed by atoms with Gasteiger partial charge in [-0.25, -0.2) is 8.42 Å². The minimum atomic E-state index is -2.82. The first-order valence-electron chi connectivity index (χ1n) is 6.91. The molecule has 1 N–H and O–H groups in total. The Balaban J connectivity index is 3.33. The number of nitrogens with one attached hydrogen (secondary N) is 1. The molecule has 0 aliphatic carbocycles. The van der Waals surface area contributed by atoms with E-state index in [-0.39, 0.29) is 5.75 Å². The first-order chi connectivity index (χ1) is 8.31. The van der Waals surface area contributed by atoms with Crippen LogP contribution in [-0.4, -0.2) is 58.1 Å². The second-order valence-corrected chi connectivity index (χ2v) is 7.72. The van der Waals surface area contributed by atoms with Gasteiger partial charge in [0.15, 0.2) is 0 Å². The predicted octanol–water partition coefficient (Wildman–Crippen LogP) is 1.52. The van der Waals surface area contributed by atoms with Gasteiger partial charge in [0.2, 0.25) is 0 Å². The summed E-state index contributed by atoms with van der Waals surface area (Å²) in [5.41, 5.74) is 0. The molecule has 0 saturated carbocycles. The Bertz CT molecular complexity index is 289. The fraction of sp³-hybridized carbons (Fsp3) is 1.00. The Morgan fingerprint density at radius 1 is 1.06 bits per heavy atom. The van der Waals surface area contributed by atoms with Crippen LogP contribution in [-0.2, 0) is 9.84 Å². The zero-order valence-corrected chi connectivity index (χ0v) is 13.2. The Kier molecular flexibility index (Phi) is 9.68. The fourth-order valence-electron chi connectivity index (χ4n) is 1.68. The van der Waals surface area contributed by atoms with Gasteiger partial charge in [-0.3, -0.25) is 0 Å². The van der Waals surface area contributed by atoms with E-state index in [0.29, 0.717) is 12.6 Å². The third-order valence-electron chi connectivity index (χ3n) is 2.86. The molecular weight excluding hydrogens is 248 g/mol. The first-order valence-corrected chi connectivity index (χ1v) is 8.97. The standard InChI is InChI=1S/C13H30N2O2S/c1-13(2)14-9-7-5-6-8-10-15(3)11-12-18(4,16)17/h13-14H,5-12H2,1-4H3. The van der Waals surface area contributed by atoms with E-state index in [1.165, 1.54) is 25.5 Å². The molecule has 0 saturated heterocycles. The van der Waals surface area contributed by atoms with Gasteiger partial charge in [-0.1, -0.05) is 26.7 Å². The van der Waals surface area contributed by atoms with Crippen LogP contribution in [0.1, 0.15) is 39.5 Å². The average Bonchev–Trinajstić information content (AvgIpc) is 2.23. The molecule has 0 fully saturated rings. The number of rotatable bonds is 11. The first kappa shape index (κ1) is 17.9. The molecule has 0 aliphatic heterocycles. The third-order valence-corrected chi connectivity index (χ3v) is 3.79. The Morgan fingerprint density at radius 3 is 2.22 bits per heavy atom. The number of hydrogen-bond acceptors (Lipinski definition) is 4. The highest BCUT2D eigenvalue weighted by atomic mass is 32.2. The van der Waals surface area contributed by atoms with Crippen molar-refractivity contribution in [2.75, 3.05) is 38.7 Å². The van der Waals surface area contributed by atoms with E-state index in [4.69, 9.17) is 0 Å². The van der Waals surface area contributed by atoms with E-state index in [2.05, 4.69) is 24.1 Å². The molecule has 18 heavy (non-hydrogen) atoms. The number of sulfone groups is 1. The van der Waals surface area contributed by atoms with Crippen LogP contribution in [0.15, 0.2) is 0 Å². The van der Waals surface area contributed by atoms with Crippen molar-refractivity contribution < 1.29 is 8.42 Å². The molecule has 0 radical (unpaired) electrons. The van der Waals surface area contributed by atoms with Crippen molar-refractivity contribution in [1.82, 2.24) is 10.2 Å². The quantitative estimate of drug-likeness (QED) is 0.582. The van der Waals surface area contributed by atoms with Crippen molar-refractivity contribution in [3.63, 3.8) is 0 Å². The minimum Gasteiger partial charge on any atom is -0.315 e. The van der Waals surface area contributed by atoms with Gasteiger partial charge in [0.05, 0.1) is 5.75 Å². The van der Waals surface area contributed by atoms with Crippen molar-refractivity contribution in [2.24, 2.45) is 0 Å². The van der Waals surface area contributed by atoms with E-state index in [1.807, 2.05) is 7.05 Å². The maximum absolute atomic E-state index is 11.0. The molecule has 0 atom stereocenters. The van der Waals surface area contributed by atoms with Crippen molar-refractivity contribution in [2.45, 2.75) is 45.6 Å². The molecule has 0 spiro atoms. The molecule has 0 aromatic carbocycles. The Hall–Kier alpha value is -0.130. The smallest absolute Gasteiger partial charge is 0.148 e. The highest BCUT2D eigenvalue weighted by Gasteiger charge is 2.04. The van der Waals surface area contributed by atoms with Crippen LogP contribution in [0.25, 0.3) is 0 Å². The molecule has 0 aromatic heterocycles. The molecular formula is C13H30N2O2S. The topological polar surface area (TPSA) is 49.4 Å². The van der Waals surface area contributed by atoms with Crippen LogP contribution in [0.5, 0.6) is 0 Å². The summed E-state index contributed by atoms with van der Waals surface area (Å²) in [6.07, 6.45) is 6.15. The van der Waals surface area contributed by atoms with Crippen LogP contribution in [0.4, 0.5) is 0 Å². The van der Waals surface area contributed by atoms with Gasteiger partial charge in [0.1, 0.15) is 9.84 Å². The van der Waals surface area contributed by atoms with E-state index < -0.39 is 9.84 Å². The second kappa shape index (κ2) is 9.75. The fourth-order valence-corrected chi connectivity index (χ4v) is 2.33.